The average molecular weight is 399 g/mol. The number of hydrogen-bond donors (Lipinski definition) is 1. The monoisotopic (exact) mass is 398 g/mol. The van der Waals surface area contributed by atoms with E-state index in [2.05, 4.69) is 48.3 Å². The van der Waals surface area contributed by atoms with Crippen molar-refractivity contribution in [3.8, 4) is 0 Å². The molecule has 150 valence electrons. The van der Waals surface area contributed by atoms with E-state index in [-0.39, 0.29) is 17.5 Å². The lowest BCUT2D eigenvalue weighted by atomic mass is 9.72. The summed E-state index contributed by atoms with van der Waals surface area (Å²) in [7, 11) is 0. The van der Waals surface area contributed by atoms with Crippen molar-refractivity contribution in [1.82, 2.24) is 10.2 Å². The molecule has 0 aliphatic carbocycles. The second-order valence-electron chi connectivity index (χ2n) is 9.19. The smallest absolute Gasteiger partial charge is 0.261 e. The summed E-state index contributed by atoms with van der Waals surface area (Å²) in [6.45, 7) is 8.60. The second-order valence-corrected chi connectivity index (χ2v) is 10.2. The molecular formula is C23H30N2O2S. The van der Waals surface area contributed by atoms with Gasteiger partial charge in [-0.05, 0) is 81.5 Å². The number of carbonyl (C=O) groups is 1. The molecule has 5 heterocycles. The van der Waals surface area contributed by atoms with E-state index in [0.717, 1.165) is 30.9 Å². The summed E-state index contributed by atoms with van der Waals surface area (Å²) in [5, 5.41) is 4.63. The molecule has 4 nitrogen and oxygen atoms in total. The Balaban J connectivity index is 1.41. The van der Waals surface area contributed by atoms with E-state index in [0.29, 0.717) is 11.8 Å². The molecule has 4 fully saturated rings. The first-order chi connectivity index (χ1) is 13.5. The molecule has 2 bridgehead atoms. The van der Waals surface area contributed by atoms with Gasteiger partial charge < -0.3 is 10.1 Å². The van der Waals surface area contributed by atoms with E-state index in [4.69, 9.17) is 4.74 Å². The van der Waals surface area contributed by atoms with Crippen molar-refractivity contribution in [3.05, 3.63) is 34.7 Å². The summed E-state index contributed by atoms with van der Waals surface area (Å²) >= 11 is 1.67. The topological polar surface area (TPSA) is 41.6 Å². The minimum Gasteiger partial charge on any atom is -0.381 e. The van der Waals surface area contributed by atoms with Crippen LogP contribution < -0.4 is 5.32 Å². The Morgan fingerprint density at radius 1 is 1.18 bits per heavy atom. The van der Waals surface area contributed by atoms with Crippen LogP contribution in [0.4, 0.5) is 0 Å². The number of piperidine rings is 3. The van der Waals surface area contributed by atoms with Gasteiger partial charge in [-0.15, -0.1) is 11.3 Å². The highest BCUT2D eigenvalue weighted by Gasteiger charge is 2.48. The number of hydrogen-bond acceptors (Lipinski definition) is 4. The molecule has 4 aliphatic rings. The molecule has 4 saturated heterocycles. The highest BCUT2D eigenvalue weighted by Crippen LogP contribution is 2.40. The molecule has 6 rings (SSSR count). The Hall–Kier alpha value is -1.43. The van der Waals surface area contributed by atoms with E-state index in [9.17, 15) is 4.79 Å². The number of benzene rings is 1. The van der Waals surface area contributed by atoms with Crippen LogP contribution in [0.3, 0.4) is 0 Å². The van der Waals surface area contributed by atoms with Crippen molar-refractivity contribution in [2.24, 2.45) is 5.92 Å². The highest BCUT2D eigenvalue weighted by molar-refractivity contribution is 7.21. The molecule has 2 aromatic rings. The van der Waals surface area contributed by atoms with Gasteiger partial charge in [-0.2, -0.15) is 0 Å². The fourth-order valence-electron chi connectivity index (χ4n) is 5.62. The van der Waals surface area contributed by atoms with E-state index >= 15 is 0 Å². The number of fused-ring (bicyclic) bond motifs is 4. The molecule has 0 saturated carbocycles. The van der Waals surface area contributed by atoms with Gasteiger partial charge in [-0.25, -0.2) is 0 Å². The van der Waals surface area contributed by atoms with Crippen molar-refractivity contribution >= 4 is 27.3 Å². The van der Waals surface area contributed by atoms with Crippen LogP contribution in [0.5, 0.6) is 0 Å². The van der Waals surface area contributed by atoms with Crippen molar-refractivity contribution < 1.29 is 9.53 Å². The van der Waals surface area contributed by atoms with Crippen LogP contribution in [-0.4, -0.2) is 48.7 Å². The Morgan fingerprint density at radius 2 is 1.93 bits per heavy atom. The molecule has 0 radical (unpaired) electrons. The van der Waals surface area contributed by atoms with Crippen LogP contribution in [0.1, 0.15) is 60.7 Å². The second kappa shape index (κ2) is 7.12. The van der Waals surface area contributed by atoms with Crippen molar-refractivity contribution in [1.29, 1.82) is 0 Å². The van der Waals surface area contributed by atoms with Crippen LogP contribution in [0.2, 0.25) is 0 Å². The fraction of sp³-hybridized carbons (Fsp3) is 0.609. The lowest BCUT2D eigenvalue weighted by Crippen LogP contribution is -2.69. The van der Waals surface area contributed by atoms with Gasteiger partial charge in [0.15, 0.2) is 0 Å². The van der Waals surface area contributed by atoms with Gasteiger partial charge in [-0.3, -0.25) is 9.69 Å². The molecule has 28 heavy (non-hydrogen) atoms. The number of rotatable bonds is 3. The normalized spacial score (nSPS) is 29.9. The number of amides is 1. The predicted octanol–water partition coefficient (Wildman–Crippen LogP) is 4.40. The minimum atomic E-state index is 0.0424. The van der Waals surface area contributed by atoms with Crippen molar-refractivity contribution in [2.45, 2.75) is 57.0 Å². The van der Waals surface area contributed by atoms with Crippen LogP contribution in [0.25, 0.3) is 10.1 Å². The zero-order valence-corrected chi connectivity index (χ0v) is 17.7. The number of ether oxygens (including phenoxy) is 1. The van der Waals surface area contributed by atoms with E-state index < -0.39 is 0 Å². The number of thiophene rings is 1. The number of nitrogens with zero attached hydrogens (tertiary/aromatic N) is 1. The molecule has 1 amide bonds. The van der Waals surface area contributed by atoms with Gasteiger partial charge in [-0.1, -0.05) is 18.2 Å². The van der Waals surface area contributed by atoms with Gasteiger partial charge in [0.05, 0.1) is 4.88 Å². The first kappa shape index (κ1) is 18.6. The number of carbonyl (C=O) groups excluding carboxylic acids is 1. The predicted molar refractivity (Wildman–Crippen MR) is 114 cm³/mol. The van der Waals surface area contributed by atoms with Crippen molar-refractivity contribution in [2.75, 3.05) is 26.3 Å². The fourth-order valence-corrected chi connectivity index (χ4v) is 6.77. The van der Waals surface area contributed by atoms with Crippen LogP contribution >= 0.6 is 11.3 Å². The zero-order valence-electron chi connectivity index (χ0n) is 16.9. The average Bonchev–Trinajstić information content (AvgIpc) is 3.16. The molecule has 1 unspecified atom stereocenters. The Morgan fingerprint density at radius 3 is 2.64 bits per heavy atom. The maximum atomic E-state index is 13.2. The molecule has 0 spiro atoms. The quantitative estimate of drug-likeness (QED) is 0.833. The summed E-state index contributed by atoms with van der Waals surface area (Å²) in [5.74, 6) is 1.26. The molecule has 1 aromatic carbocycles. The zero-order chi connectivity index (χ0) is 19.3. The van der Waals surface area contributed by atoms with Crippen LogP contribution in [-0.2, 0) is 4.74 Å². The van der Waals surface area contributed by atoms with E-state index in [1.807, 2.05) is 0 Å². The third-order valence-corrected chi connectivity index (χ3v) is 8.53. The van der Waals surface area contributed by atoms with Crippen LogP contribution in [0.15, 0.2) is 24.3 Å². The molecule has 1 atom stereocenters. The Labute approximate surface area is 171 Å². The standard InChI is InChI=1S/C23H30N2O2S/c1-23(2)21(16-6-10-25(23)11-7-16)24-22(26)19-14-17-4-3-5-18(20(17)28-19)15-8-12-27-13-9-15/h3-5,14-16,21H,6-13H2,1-2H3,(H,24,26). The summed E-state index contributed by atoms with van der Waals surface area (Å²) in [6, 6.07) is 8.85. The molecule has 1 N–H and O–H groups in total. The van der Waals surface area contributed by atoms with Gasteiger partial charge in [0.2, 0.25) is 0 Å². The summed E-state index contributed by atoms with van der Waals surface area (Å²) in [4.78, 5) is 16.6. The maximum Gasteiger partial charge on any atom is 0.261 e. The summed E-state index contributed by atoms with van der Waals surface area (Å²) in [5.41, 5.74) is 1.44. The van der Waals surface area contributed by atoms with Gasteiger partial charge in [0.1, 0.15) is 0 Å². The Kier molecular flexibility index (Phi) is 4.73. The van der Waals surface area contributed by atoms with Crippen molar-refractivity contribution in [3.63, 3.8) is 0 Å². The molecule has 4 aliphatic heterocycles. The minimum absolute atomic E-state index is 0.0424. The summed E-state index contributed by atoms with van der Waals surface area (Å²) < 4.78 is 6.83. The lowest BCUT2D eigenvalue weighted by molar-refractivity contribution is -0.0377. The van der Waals surface area contributed by atoms with E-state index in [1.165, 1.54) is 41.6 Å². The highest BCUT2D eigenvalue weighted by atomic mass is 32.1. The maximum absolute atomic E-state index is 13.2. The molecule has 5 heteroatoms. The first-order valence-electron chi connectivity index (χ1n) is 10.7. The largest absolute Gasteiger partial charge is 0.381 e. The number of nitrogens with one attached hydrogen (secondary N) is 1. The SMILES string of the molecule is CC1(C)C(NC(=O)c2cc3cccc(C4CCOCC4)c3s2)C2CCN1CC2. The lowest BCUT2D eigenvalue weighted by Gasteiger charge is -2.56. The van der Waals surface area contributed by atoms with Gasteiger partial charge in [0, 0.05) is 29.5 Å². The Bertz CT molecular complexity index is 876. The first-order valence-corrected chi connectivity index (χ1v) is 11.5. The third-order valence-electron chi connectivity index (χ3n) is 7.33. The van der Waals surface area contributed by atoms with Gasteiger partial charge >= 0.3 is 0 Å². The van der Waals surface area contributed by atoms with E-state index in [1.54, 1.807) is 11.3 Å². The third kappa shape index (κ3) is 3.08. The molecule has 1 aromatic heterocycles. The van der Waals surface area contributed by atoms with Crippen LogP contribution in [0, 0.1) is 5.92 Å². The molecular weight excluding hydrogens is 368 g/mol. The summed E-state index contributed by atoms with van der Waals surface area (Å²) in [6.07, 6.45) is 4.56. The van der Waals surface area contributed by atoms with Gasteiger partial charge in [0.25, 0.3) is 5.91 Å².